The molecule has 0 aliphatic heterocycles. The van der Waals surface area contributed by atoms with Crippen molar-refractivity contribution < 1.29 is 29.5 Å². The fourth-order valence-corrected chi connectivity index (χ4v) is 2.14. The van der Waals surface area contributed by atoms with Crippen LogP contribution in [0.4, 0.5) is 10.5 Å². The molecule has 0 saturated heterocycles. The highest BCUT2D eigenvalue weighted by Crippen LogP contribution is 2.15. The molecule has 6 N–H and O–H groups in total. The fourth-order valence-electron chi connectivity index (χ4n) is 2.14. The molecule has 0 aliphatic rings. The van der Waals surface area contributed by atoms with E-state index in [2.05, 4.69) is 22.3 Å². The molecule has 10 nitrogen and oxygen atoms in total. The Bertz CT molecular complexity index is 956. The Kier molecular flexibility index (Phi) is 18.5. The quantitative estimate of drug-likeness (QED) is 0.0931. The first kappa shape index (κ1) is 39.0. The number of benzene rings is 2. The summed E-state index contributed by atoms with van der Waals surface area (Å²) in [5, 5.41) is 26.3. The van der Waals surface area contributed by atoms with Gasteiger partial charge in [0.2, 0.25) is 0 Å². The van der Waals surface area contributed by atoms with Gasteiger partial charge in [-0.1, -0.05) is 24.3 Å². The van der Waals surface area contributed by atoms with Crippen molar-refractivity contribution in [3.8, 4) is 5.75 Å². The van der Waals surface area contributed by atoms with E-state index in [1.165, 1.54) is 12.6 Å². The summed E-state index contributed by atoms with van der Waals surface area (Å²) >= 11 is 0. The first-order valence-electron chi connectivity index (χ1n) is 12.9. The summed E-state index contributed by atoms with van der Waals surface area (Å²) in [4.78, 5) is 16.0. The molecular weight excluding hydrogens is 512 g/mol. The van der Waals surface area contributed by atoms with Gasteiger partial charge >= 0.3 is 6.09 Å². The van der Waals surface area contributed by atoms with E-state index < -0.39 is 22.9 Å². The molecule has 0 unspecified atom stereocenters. The Labute approximate surface area is 240 Å². The highest BCUT2D eigenvalue weighted by atomic mass is 17.1. The van der Waals surface area contributed by atoms with Gasteiger partial charge < -0.3 is 25.6 Å². The Morgan fingerprint density at radius 1 is 0.975 bits per heavy atom. The normalized spacial score (nSPS) is 10.8. The van der Waals surface area contributed by atoms with E-state index in [1.807, 2.05) is 43.4 Å². The van der Waals surface area contributed by atoms with Crippen molar-refractivity contribution >= 4 is 18.1 Å². The minimum absolute atomic E-state index is 0.403. The highest BCUT2D eigenvalue weighted by Gasteiger charge is 2.18. The summed E-state index contributed by atoms with van der Waals surface area (Å²) in [6.45, 7) is 17.3. The lowest BCUT2D eigenvalue weighted by Crippen LogP contribution is -2.33. The van der Waals surface area contributed by atoms with Gasteiger partial charge in [0.1, 0.15) is 18.0 Å². The zero-order chi connectivity index (χ0) is 31.6. The third kappa shape index (κ3) is 26.4. The summed E-state index contributed by atoms with van der Waals surface area (Å²) in [6.07, 6.45) is 0.404. The summed E-state index contributed by atoms with van der Waals surface area (Å²) in [5.41, 5.74) is 7.41. The van der Waals surface area contributed by atoms with Crippen LogP contribution < -0.4 is 15.8 Å². The molecule has 40 heavy (non-hydrogen) atoms. The second-order valence-corrected chi connectivity index (χ2v) is 11.8. The molecule has 0 radical (unpaired) electrons. The average Bonchev–Trinajstić information content (AvgIpc) is 2.81. The molecule has 0 atom stereocenters. The lowest BCUT2D eigenvalue weighted by atomic mass is 10.2. The summed E-state index contributed by atoms with van der Waals surface area (Å²) in [6, 6.07) is 15.8. The van der Waals surface area contributed by atoms with Crippen LogP contribution in [-0.2, 0) is 22.8 Å². The number of rotatable bonds is 6. The van der Waals surface area contributed by atoms with Crippen molar-refractivity contribution in [2.75, 3.05) is 19.8 Å². The zero-order valence-corrected chi connectivity index (χ0v) is 26.2. The predicted octanol–water partition coefficient (Wildman–Crippen LogP) is 6.08. The summed E-state index contributed by atoms with van der Waals surface area (Å²) in [7, 11) is 3.41. The van der Waals surface area contributed by atoms with Crippen molar-refractivity contribution in [3.63, 3.8) is 0 Å². The van der Waals surface area contributed by atoms with E-state index >= 15 is 0 Å². The number of nitrogens with two attached hydrogens (primary N) is 1. The van der Waals surface area contributed by atoms with Gasteiger partial charge in [-0.3, -0.25) is 15.6 Å². The van der Waals surface area contributed by atoms with Gasteiger partial charge in [0.15, 0.2) is 0 Å². The molecule has 2 rings (SSSR count). The maximum absolute atomic E-state index is 10.9. The van der Waals surface area contributed by atoms with Crippen molar-refractivity contribution in [2.45, 2.75) is 92.3 Å². The highest BCUT2D eigenvalue weighted by molar-refractivity contribution is 5.80. The van der Waals surface area contributed by atoms with Crippen LogP contribution in [0.1, 0.15) is 73.4 Å². The maximum Gasteiger partial charge on any atom is 0.415 e. The molecule has 10 heteroatoms. The van der Waals surface area contributed by atoms with Crippen LogP contribution in [0, 0.1) is 5.41 Å². The van der Waals surface area contributed by atoms with Gasteiger partial charge in [0.25, 0.3) is 0 Å². The molecule has 0 heterocycles. The minimum Gasteiger partial charge on any atom is -0.489 e. The molecular formula is C30H52N4O6. The molecule has 0 aliphatic carbocycles. The number of aliphatic hydroxyl groups is 1. The zero-order valence-electron chi connectivity index (χ0n) is 26.2. The Balaban J connectivity index is 0. The fraction of sp³-hybridized carbons (Fsp3) is 0.533. The van der Waals surface area contributed by atoms with E-state index in [9.17, 15) is 4.79 Å². The standard InChI is InChI=1S/C15H18N2O.C7H14N2O2.C4H10O2.C4H10O/c1-17-10-12-5-7-15(8-6-12)18-11-13-3-2-4-14(16)9-13;1-7(2,3)11-6(10)9(4)5-8;1-4(2,3)6-5;1-4(2,3)5/h2-9,17H,10-11,16H2,1H3;5,8H,1-4H3;5H,1-3H3;5H,1-3H3. The first-order valence-corrected chi connectivity index (χ1v) is 12.9. The molecule has 0 spiro atoms. The van der Waals surface area contributed by atoms with Crippen LogP contribution in [0.3, 0.4) is 0 Å². The number of ether oxygens (including phenoxy) is 2. The number of hydrogen-bond acceptors (Lipinski definition) is 9. The van der Waals surface area contributed by atoms with Crippen molar-refractivity contribution in [3.05, 3.63) is 59.7 Å². The molecule has 1 amide bonds. The molecule has 228 valence electrons. The van der Waals surface area contributed by atoms with E-state index in [1.54, 1.807) is 62.3 Å². The van der Waals surface area contributed by atoms with Gasteiger partial charge in [-0.05, 0) is 105 Å². The van der Waals surface area contributed by atoms with Crippen molar-refractivity contribution in [1.82, 2.24) is 10.2 Å². The number of hydrogen-bond donors (Lipinski definition) is 5. The SMILES string of the molecule is CC(C)(C)O.CC(C)(C)OO.CN(C=N)C(=O)OC(C)(C)C.CNCc1ccc(OCc2cccc(N)c2)cc1. The van der Waals surface area contributed by atoms with Crippen LogP contribution in [0.15, 0.2) is 48.5 Å². The average molecular weight is 565 g/mol. The van der Waals surface area contributed by atoms with Crippen LogP contribution in [0.5, 0.6) is 5.75 Å². The number of nitrogens with one attached hydrogen (secondary N) is 2. The van der Waals surface area contributed by atoms with Crippen LogP contribution in [-0.4, -0.2) is 58.6 Å². The number of nitrogen functional groups attached to an aromatic ring is 1. The van der Waals surface area contributed by atoms with E-state index in [-0.39, 0.29) is 0 Å². The van der Waals surface area contributed by atoms with Crippen LogP contribution in [0.2, 0.25) is 0 Å². The molecule has 0 saturated carbocycles. The Morgan fingerprint density at radius 3 is 1.85 bits per heavy atom. The largest absolute Gasteiger partial charge is 0.489 e. The lowest BCUT2D eigenvalue weighted by molar-refractivity contribution is -0.306. The van der Waals surface area contributed by atoms with Crippen molar-refractivity contribution in [1.29, 1.82) is 5.41 Å². The second-order valence-electron chi connectivity index (χ2n) is 11.8. The Hall–Kier alpha value is -3.18. The topological polar surface area (TPSA) is 150 Å². The smallest absolute Gasteiger partial charge is 0.415 e. The molecule has 2 aromatic carbocycles. The molecule has 2 aromatic rings. The van der Waals surface area contributed by atoms with Gasteiger partial charge in [-0.25, -0.2) is 9.68 Å². The Morgan fingerprint density at radius 2 is 1.48 bits per heavy atom. The maximum atomic E-state index is 10.9. The number of nitrogens with zero attached hydrogens (tertiary/aromatic N) is 1. The molecule has 0 fully saturated rings. The third-order valence-electron chi connectivity index (χ3n) is 3.81. The monoisotopic (exact) mass is 564 g/mol. The van der Waals surface area contributed by atoms with Gasteiger partial charge in [0, 0.05) is 19.3 Å². The minimum atomic E-state index is -0.507. The van der Waals surface area contributed by atoms with Crippen molar-refractivity contribution in [2.24, 2.45) is 0 Å². The first-order chi connectivity index (χ1) is 18.2. The van der Waals surface area contributed by atoms with Gasteiger partial charge in [0.05, 0.1) is 17.5 Å². The second kappa shape index (κ2) is 19.0. The summed E-state index contributed by atoms with van der Waals surface area (Å²) in [5.74, 6) is 0.872. The predicted molar refractivity (Wildman–Crippen MR) is 163 cm³/mol. The van der Waals surface area contributed by atoms with Gasteiger partial charge in [-0.15, -0.1) is 0 Å². The molecule has 0 aromatic heterocycles. The van der Waals surface area contributed by atoms with E-state index in [4.69, 9.17) is 31.0 Å². The van der Waals surface area contributed by atoms with E-state index in [0.717, 1.165) is 34.8 Å². The number of carbonyl (C=O) groups excluding carboxylic acids is 1. The number of carbonyl (C=O) groups is 1. The number of anilines is 1. The van der Waals surface area contributed by atoms with Gasteiger partial charge in [-0.2, -0.15) is 0 Å². The third-order valence-corrected chi connectivity index (χ3v) is 3.81. The van der Waals surface area contributed by atoms with Crippen LogP contribution in [0.25, 0.3) is 0 Å². The number of amides is 1. The summed E-state index contributed by atoms with van der Waals surface area (Å²) < 4.78 is 10.6. The molecule has 0 bridgehead atoms. The van der Waals surface area contributed by atoms with E-state index in [0.29, 0.717) is 6.61 Å². The van der Waals surface area contributed by atoms with Crippen LogP contribution >= 0.6 is 0 Å². The lowest BCUT2D eigenvalue weighted by Gasteiger charge is -2.21.